The fourth-order valence-corrected chi connectivity index (χ4v) is 2.14. The van der Waals surface area contributed by atoms with E-state index in [2.05, 4.69) is 0 Å². The Morgan fingerprint density at radius 2 is 1.86 bits per heavy atom. The van der Waals surface area contributed by atoms with Gasteiger partial charge in [0.15, 0.2) is 6.29 Å². The van der Waals surface area contributed by atoms with E-state index in [4.69, 9.17) is 4.74 Å². The van der Waals surface area contributed by atoms with Crippen molar-refractivity contribution in [3.05, 3.63) is 27.8 Å². The van der Waals surface area contributed by atoms with Crippen molar-refractivity contribution in [2.24, 2.45) is 0 Å². The van der Waals surface area contributed by atoms with Gasteiger partial charge in [0, 0.05) is 17.5 Å². The predicted octanol–water partition coefficient (Wildman–Crippen LogP) is 2.36. The van der Waals surface area contributed by atoms with Crippen LogP contribution in [0.15, 0.2) is 0 Å². The Hall–Kier alpha value is -1.31. The summed E-state index contributed by atoms with van der Waals surface area (Å²) in [5.41, 5.74) is 5.32. The van der Waals surface area contributed by atoms with Crippen LogP contribution in [0.2, 0.25) is 0 Å². The van der Waals surface area contributed by atoms with E-state index in [-0.39, 0.29) is 0 Å². The Bertz CT molecular complexity index is 406. The first-order valence-corrected chi connectivity index (χ1v) is 4.87. The van der Waals surface area contributed by atoms with Crippen molar-refractivity contribution in [2.75, 3.05) is 6.61 Å². The maximum Gasteiger partial charge on any atom is 0.150 e. The highest BCUT2D eigenvalue weighted by atomic mass is 16.5. The molecule has 0 N–H and O–H groups in total. The van der Waals surface area contributed by atoms with E-state index in [0.29, 0.717) is 0 Å². The maximum atomic E-state index is 11.0. The predicted molar refractivity (Wildman–Crippen MR) is 55.2 cm³/mol. The first kappa shape index (κ1) is 9.25. The molecular formula is C12H14O2. The third kappa shape index (κ3) is 1.07. The van der Waals surface area contributed by atoms with Gasteiger partial charge in [-0.2, -0.15) is 0 Å². The van der Waals surface area contributed by atoms with Crippen molar-refractivity contribution in [2.45, 2.75) is 27.2 Å². The lowest BCUT2D eigenvalue weighted by atomic mass is 9.93. The maximum absolute atomic E-state index is 11.0. The molecule has 1 aromatic carbocycles. The zero-order valence-corrected chi connectivity index (χ0v) is 8.81. The molecule has 0 saturated heterocycles. The van der Waals surface area contributed by atoms with Crippen LogP contribution in [0.5, 0.6) is 5.75 Å². The lowest BCUT2D eigenvalue weighted by molar-refractivity contribution is 0.112. The normalized spacial score (nSPS) is 13.6. The summed E-state index contributed by atoms with van der Waals surface area (Å²) < 4.78 is 5.57. The second-order valence-corrected chi connectivity index (χ2v) is 3.81. The van der Waals surface area contributed by atoms with Gasteiger partial charge in [-0.25, -0.2) is 0 Å². The summed E-state index contributed by atoms with van der Waals surface area (Å²) in [5, 5.41) is 0. The number of ether oxygens (including phenoxy) is 1. The number of rotatable bonds is 1. The van der Waals surface area contributed by atoms with Crippen molar-refractivity contribution < 1.29 is 9.53 Å². The molecule has 0 aromatic heterocycles. The van der Waals surface area contributed by atoms with Crippen LogP contribution in [-0.4, -0.2) is 12.9 Å². The quantitative estimate of drug-likeness (QED) is 0.635. The second-order valence-electron chi connectivity index (χ2n) is 3.81. The number of hydrogen-bond donors (Lipinski definition) is 0. The smallest absolute Gasteiger partial charge is 0.150 e. The molecule has 0 bridgehead atoms. The Balaban J connectivity index is 2.79. The highest BCUT2D eigenvalue weighted by Gasteiger charge is 2.21. The van der Waals surface area contributed by atoms with Crippen LogP contribution in [-0.2, 0) is 6.42 Å². The van der Waals surface area contributed by atoms with Gasteiger partial charge in [0.2, 0.25) is 0 Å². The van der Waals surface area contributed by atoms with Crippen LogP contribution in [0.4, 0.5) is 0 Å². The van der Waals surface area contributed by atoms with Crippen LogP contribution in [0.1, 0.15) is 32.6 Å². The fraction of sp³-hybridized carbons (Fsp3) is 0.417. The Kier molecular flexibility index (Phi) is 2.06. The SMILES string of the molecule is Cc1c(C)c2c(c(C)c1C=O)CCO2. The minimum Gasteiger partial charge on any atom is -0.493 e. The van der Waals surface area contributed by atoms with Crippen LogP contribution < -0.4 is 4.74 Å². The zero-order chi connectivity index (χ0) is 10.3. The number of carbonyl (C=O) groups is 1. The van der Waals surface area contributed by atoms with Gasteiger partial charge in [0.05, 0.1) is 6.61 Å². The lowest BCUT2D eigenvalue weighted by Gasteiger charge is -2.13. The first-order valence-electron chi connectivity index (χ1n) is 4.87. The fourth-order valence-electron chi connectivity index (χ4n) is 2.14. The van der Waals surface area contributed by atoms with Crippen molar-refractivity contribution in [1.29, 1.82) is 0 Å². The van der Waals surface area contributed by atoms with Crippen LogP contribution >= 0.6 is 0 Å². The number of fused-ring (bicyclic) bond motifs is 1. The minimum absolute atomic E-state index is 0.749. The Labute approximate surface area is 83.9 Å². The van der Waals surface area contributed by atoms with Crippen LogP contribution in [0.25, 0.3) is 0 Å². The van der Waals surface area contributed by atoms with Gasteiger partial charge >= 0.3 is 0 Å². The van der Waals surface area contributed by atoms with Crippen molar-refractivity contribution in [3.63, 3.8) is 0 Å². The molecule has 1 aliphatic rings. The Morgan fingerprint density at radius 1 is 1.14 bits per heavy atom. The Morgan fingerprint density at radius 3 is 2.50 bits per heavy atom. The molecule has 1 aromatic rings. The molecule has 2 rings (SSSR count). The minimum atomic E-state index is 0.749. The summed E-state index contributed by atoms with van der Waals surface area (Å²) in [7, 11) is 0. The molecule has 0 saturated carbocycles. The molecule has 2 heteroatoms. The van der Waals surface area contributed by atoms with Crippen LogP contribution in [0.3, 0.4) is 0 Å². The summed E-state index contributed by atoms with van der Waals surface area (Å²) in [4.78, 5) is 11.0. The molecule has 0 atom stereocenters. The van der Waals surface area contributed by atoms with Gasteiger partial charge in [-0.15, -0.1) is 0 Å². The van der Waals surface area contributed by atoms with Gasteiger partial charge in [-0.3, -0.25) is 4.79 Å². The first-order chi connectivity index (χ1) is 6.66. The van der Waals surface area contributed by atoms with E-state index in [1.807, 2.05) is 20.8 Å². The third-order valence-corrected chi connectivity index (χ3v) is 3.15. The van der Waals surface area contributed by atoms with Crippen molar-refractivity contribution in [3.8, 4) is 5.75 Å². The number of benzene rings is 1. The van der Waals surface area contributed by atoms with Crippen molar-refractivity contribution >= 4 is 6.29 Å². The van der Waals surface area contributed by atoms with E-state index in [1.54, 1.807) is 0 Å². The monoisotopic (exact) mass is 190 g/mol. The molecule has 0 radical (unpaired) electrons. The van der Waals surface area contributed by atoms with E-state index in [0.717, 1.165) is 47.3 Å². The van der Waals surface area contributed by atoms with Gasteiger partial charge < -0.3 is 4.74 Å². The molecule has 0 unspecified atom stereocenters. The third-order valence-electron chi connectivity index (χ3n) is 3.15. The van der Waals surface area contributed by atoms with Gasteiger partial charge in [0.1, 0.15) is 5.75 Å². The molecule has 14 heavy (non-hydrogen) atoms. The van der Waals surface area contributed by atoms with Crippen LogP contribution in [0, 0.1) is 20.8 Å². The van der Waals surface area contributed by atoms with Gasteiger partial charge in [-0.05, 0) is 37.5 Å². The molecule has 1 heterocycles. The zero-order valence-electron chi connectivity index (χ0n) is 8.81. The van der Waals surface area contributed by atoms with E-state index in [1.165, 1.54) is 5.56 Å². The average Bonchev–Trinajstić information content (AvgIpc) is 2.64. The van der Waals surface area contributed by atoms with Gasteiger partial charge in [0.25, 0.3) is 0 Å². The molecule has 0 fully saturated rings. The number of aldehydes is 1. The molecule has 0 aliphatic carbocycles. The average molecular weight is 190 g/mol. The molecule has 1 aliphatic heterocycles. The standard InChI is InChI=1S/C12H14O2/c1-7-8(2)12-10(4-5-14-12)9(3)11(7)6-13/h6H,4-5H2,1-3H3. The summed E-state index contributed by atoms with van der Waals surface area (Å²) >= 11 is 0. The molecule has 0 amide bonds. The lowest BCUT2D eigenvalue weighted by Crippen LogP contribution is -1.99. The summed E-state index contributed by atoms with van der Waals surface area (Å²) in [6, 6.07) is 0. The highest BCUT2D eigenvalue weighted by Crippen LogP contribution is 2.36. The summed E-state index contributed by atoms with van der Waals surface area (Å²) in [6.07, 6.45) is 1.89. The summed E-state index contributed by atoms with van der Waals surface area (Å²) in [5.74, 6) is 1.01. The van der Waals surface area contributed by atoms with E-state index < -0.39 is 0 Å². The molecule has 74 valence electrons. The number of hydrogen-bond acceptors (Lipinski definition) is 2. The van der Waals surface area contributed by atoms with Crippen molar-refractivity contribution in [1.82, 2.24) is 0 Å². The van der Waals surface area contributed by atoms with E-state index >= 15 is 0 Å². The van der Waals surface area contributed by atoms with E-state index in [9.17, 15) is 4.79 Å². The topological polar surface area (TPSA) is 26.3 Å². The number of carbonyl (C=O) groups excluding carboxylic acids is 1. The second kappa shape index (κ2) is 3.12. The molecule has 0 spiro atoms. The molecular weight excluding hydrogens is 176 g/mol. The summed E-state index contributed by atoms with van der Waals surface area (Å²) in [6.45, 7) is 6.75. The van der Waals surface area contributed by atoms with Gasteiger partial charge in [-0.1, -0.05) is 0 Å². The molecule has 2 nitrogen and oxygen atoms in total. The highest BCUT2D eigenvalue weighted by molar-refractivity contribution is 5.82. The largest absolute Gasteiger partial charge is 0.493 e.